The van der Waals surface area contributed by atoms with Crippen LogP contribution in [0.4, 0.5) is 5.95 Å². The van der Waals surface area contributed by atoms with Gasteiger partial charge in [-0.3, -0.25) is 4.72 Å². The molecule has 156 valence electrons. The van der Waals surface area contributed by atoms with Crippen molar-refractivity contribution in [2.75, 3.05) is 17.9 Å². The molecule has 30 heavy (non-hydrogen) atoms. The lowest BCUT2D eigenvalue weighted by molar-refractivity contribution is 0.0696. The molecule has 4 N–H and O–H groups in total. The number of benzene rings is 2. The van der Waals surface area contributed by atoms with E-state index in [1.165, 1.54) is 11.9 Å². The molecule has 0 unspecified atom stereocenters. The molecule has 0 aliphatic carbocycles. The molecular formula is C22H24N4O3S. The van der Waals surface area contributed by atoms with E-state index in [0.29, 0.717) is 25.0 Å². The van der Waals surface area contributed by atoms with Crippen LogP contribution in [0.2, 0.25) is 0 Å². The molecule has 3 rings (SSSR count). The van der Waals surface area contributed by atoms with E-state index in [4.69, 9.17) is 15.5 Å². The lowest BCUT2D eigenvalue weighted by Crippen LogP contribution is -2.13. The summed E-state index contributed by atoms with van der Waals surface area (Å²) in [4.78, 5) is 21.2. The minimum absolute atomic E-state index is 0.217. The van der Waals surface area contributed by atoms with Crippen LogP contribution in [0, 0.1) is 20.8 Å². The fraction of sp³-hybridized carbons (Fsp3) is 0.227. The van der Waals surface area contributed by atoms with Crippen molar-refractivity contribution in [3.8, 4) is 17.1 Å². The van der Waals surface area contributed by atoms with Gasteiger partial charge in [0.25, 0.3) is 0 Å². The number of carbonyl (C=O) groups is 1. The standard InChI is InChI=1S/C22H24N4O3S/c1-13-6-4-7-14(2)18(13)19-15(3)20(29-11-10-23)25-22(24-19)26-30-17-9-5-8-16(12-17)21(27)28/h4-9,12H,10-11,23H2,1-3H3,(H,27,28)(H,24,25,26). The lowest BCUT2D eigenvalue weighted by Gasteiger charge is -2.16. The summed E-state index contributed by atoms with van der Waals surface area (Å²) in [6, 6.07) is 12.8. The van der Waals surface area contributed by atoms with Gasteiger partial charge in [0, 0.05) is 22.6 Å². The van der Waals surface area contributed by atoms with Crippen molar-refractivity contribution in [1.29, 1.82) is 0 Å². The van der Waals surface area contributed by atoms with Gasteiger partial charge in [-0.2, -0.15) is 4.98 Å². The Bertz CT molecular complexity index is 1050. The van der Waals surface area contributed by atoms with E-state index < -0.39 is 5.97 Å². The van der Waals surface area contributed by atoms with Gasteiger partial charge in [0.1, 0.15) is 6.61 Å². The van der Waals surface area contributed by atoms with Crippen molar-refractivity contribution in [3.05, 3.63) is 64.7 Å². The van der Waals surface area contributed by atoms with E-state index in [2.05, 4.69) is 9.71 Å². The van der Waals surface area contributed by atoms with Crippen molar-refractivity contribution in [2.45, 2.75) is 25.7 Å². The van der Waals surface area contributed by atoms with Crippen LogP contribution in [0.15, 0.2) is 47.4 Å². The average Bonchev–Trinajstić information content (AvgIpc) is 2.73. The maximum atomic E-state index is 11.2. The number of ether oxygens (including phenoxy) is 1. The van der Waals surface area contributed by atoms with Gasteiger partial charge in [0.15, 0.2) is 0 Å². The average molecular weight is 425 g/mol. The van der Waals surface area contributed by atoms with E-state index in [9.17, 15) is 9.90 Å². The van der Waals surface area contributed by atoms with Gasteiger partial charge in [-0.25, -0.2) is 9.78 Å². The first kappa shape index (κ1) is 21.6. The van der Waals surface area contributed by atoms with Crippen molar-refractivity contribution in [2.24, 2.45) is 5.73 Å². The monoisotopic (exact) mass is 424 g/mol. The molecule has 1 aromatic heterocycles. The molecule has 0 aliphatic rings. The highest BCUT2D eigenvalue weighted by atomic mass is 32.2. The minimum Gasteiger partial charge on any atom is -0.478 e. The molecule has 3 aromatic rings. The number of nitrogens with one attached hydrogen (secondary N) is 1. The Morgan fingerprint density at radius 3 is 2.50 bits per heavy atom. The summed E-state index contributed by atoms with van der Waals surface area (Å²) >= 11 is 1.24. The quantitative estimate of drug-likeness (QED) is 0.461. The normalized spacial score (nSPS) is 10.7. The van der Waals surface area contributed by atoms with Gasteiger partial charge < -0.3 is 15.6 Å². The van der Waals surface area contributed by atoms with Crippen LogP contribution in [-0.4, -0.2) is 34.2 Å². The number of nitrogens with two attached hydrogens (primary N) is 1. The first-order valence-electron chi connectivity index (χ1n) is 9.45. The first-order valence-corrected chi connectivity index (χ1v) is 10.3. The van der Waals surface area contributed by atoms with Crippen LogP contribution in [0.25, 0.3) is 11.3 Å². The molecule has 0 fully saturated rings. The molecule has 7 nitrogen and oxygen atoms in total. The van der Waals surface area contributed by atoms with Gasteiger partial charge in [0.2, 0.25) is 11.8 Å². The van der Waals surface area contributed by atoms with Crippen LogP contribution in [0.3, 0.4) is 0 Å². The van der Waals surface area contributed by atoms with E-state index in [1.807, 2.05) is 45.0 Å². The second-order valence-electron chi connectivity index (χ2n) is 6.77. The molecule has 0 amide bonds. The van der Waals surface area contributed by atoms with Crippen LogP contribution in [0.5, 0.6) is 5.88 Å². The summed E-state index contributed by atoms with van der Waals surface area (Å²) < 4.78 is 8.88. The topological polar surface area (TPSA) is 110 Å². The molecule has 0 atom stereocenters. The molecular weight excluding hydrogens is 400 g/mol. The fourth-order valence-electron chi connectivity index (χ4n) is 3.07. The highest BCUT2D eigenvalue weighted by molar-refractivity contribution is 8.00. The SMILES string of the molecule is Cc1cccc(C)c1-c1nc(NSc2cccc(C(=O)O)c2)nc(OCCN)c1C. The van der Waals surface area contributed by atoms with Crippen molar-refractivity contribution < 1.29 is 14.6 Å². The summed E-state index contributed by atoms with van der Waals surface area (Å²) in [6.45, 7) is 6.74. The van der Waals surface area contributed by atoms with Crippen LogP contribution in [-0.2, 0) is 0 Å². The number of aryl methyl sites for hydroxylation is 2. The van der Waals surface area contributed by atoms with E-state index in [-0.39, 0.29) is 5.56 Å². The fourth-order valence-corrected chi connectivity index (χ4v) is 3.70. The smallest absolute Gasteiger partial charge is 0.335 e. The molecule has 8 heteroatoms. The highest BCUT2D eigenvalue weighted by Gasteiger charge is 2.17. The summed E-state index contributed by atoms with van der Waals surface area (Å²) in [6.07, 6.45) is 0. The number of carboxylic acids is 1. The zero-order chi connectivity index (χ0) is 21.7. The molecule has 0 spiro atoms. The highest BCUT2D eigenvalue weighted by Crippen LogP contribution is 2.33. The second-order valence-corrected chi connectivity index (χ2v) is 7.65. The summed E-state index contributed by atoms with van der Waals surface area (Å²) in [5.74, 6) is -0.134. The maximum absolute atomic E-state index is 11.2. The van der Waals surface area contributed by atoms with E-state index in [0.717, 1.165) is 32.8 Å². The molecule has 2 aromatic carbocycles. The third kappa shape index (κ3) is 4.90. The summed E-state index contributed by atoms with van der Waals surface area (Å²) in [5, 5.41) is 9.18. The van der Waals surface area contributed by atoms with E-state index in [1.54, 1.807) is 18.2 Å². The van der Waals surface area contributed by atoms with Crippen LogP contribution >= 0.6 is 11.9 Å². The Kier molecular flexibility index (Phi) is 6.91. The van der Waals surface area contributed by atoms with Gasteiger partial charge in [-0.1, -0.05) is 24.3 Å². The zero-order valence-corrected chi connectivity index (χ0v) is 17.9. The van der Waals surface area contributed by atoms with Gasteiger partial charge in [-0.15, -0.1) is 0 Å². The largest absolute Gasteiger partial charge is 0.478 e. The minimum atomic E-state index is -0.973. The predicted molar refractivity (Wildman–Crippen MR) is 119 cm³/mol. The molecule has 0 saturated heterocycles. The number of nitrogens with zero attached hydrogens (tertiary/aromatic N) is 2. The summed E-state index contributed by atoms with van der Waals surface area (Å²) in [7, 11) is 0. The van der Waals surface area contributed by atoms with Gasteiger partial charge in [0.05, 0.1) is 11.3 Å². The Labute approximate surface area is 179 Å². The third-order valence-electron chi connectivity index (χ3n) is 4.52. The van der Waals surface area contributed by atoms with Gasteiger partial charge in [-0.05, 0) is 62.0 Å². The van der Waals surface area contributed by atoms with Crippen molar-refractivity contribution >= 4 is 23.9 Å². The van der Waals surface area contributed by atoms with Crippen LogP contribution < -0.4 is 15.2 Å². The van der Waals surface area contributed by atoms with Gasteiger partial charge >= 0.3 is 5.97 Å². The Hall–Kier alpha value is -3.10. The number of hydrogen-bond acceptors (Lipinski definition) is 7. The number of aromatic nitrogens is 2. The number of rotatable bonds is 8. The predicted octanol–water partition coefficient (Wildman–Crippen LogP) is 4.22. The lowest BCUT2D eigenvalue weighted by atomic mass is 9.97. The number of anilines is 1. The molecule has 1 heterocycles. The van der Waals surface area contributed by atoms with Crippen LogP contribution in [0.1, 0.15) is 27.0 Å². The van der Waals surface area contributed by atoms with E-state index >= 15 is 0 Å². The number of carboxylic acid groups (broad SMARTS) is 1. The first-order chi connectivity index (χ1) is 14.4. The third-order valence-corrected chi connectivity index (χ3v) is 5.29. The number of hydrogen-bond donors (Lipinski definition) is 3. The molecule has 0 bridgehead atoms. The summed E-state index contributed by atoms with van der Waals surface area (Å²) in [5.41, 5.74) is 10.7. The zero-order valence-electron chi connectivity index (χ0n) is 17.1. The number of aromatic carboxylic acids is 1. The molecule has 0 saturated carbocycles. The maximum Gasteiger partial charge on any atom is 0.335 e. The van der Waals surface area contributed by atoms with Crippen molar-refractivity contribution in [1.82, 2.24) is 9.97 Å². The van der Waals surface area contributed by atoms with Crippen molar-refractivity contribution in [3.63, 3.8) is 0 Å². The Morgan fingerprint density at radius 2 is 1.83 bits per heavy atom. The molecule has 0 radical (unpaired) electrons. The Balaban J connectivity index is 1.98. The Morgan fingerprint density at radius 1 is 1.13 bits per heavy atom. The second kappa shape index (κ2) is 9.60. The molecule has 0 aliphatic heterocycles.